The van der Waals surface area contributed by atoms with E-state index in [1.54, 1.807) is 11.8 Å². The first kappa shape index (κ1) is 7.47. The summed E-state index contributed by atoms with van der Waals surface area (Å²) in [5, 5.41) is 6.40. The van der Waals surface area contributed by atoms with Gasteiger partial charge in [-0.3, -0.25) is 5.01 Å². The summed E-state index contributed by atoms with van der Waals surface area (Å²) in [5.41, 5.74) is 2.94. The molecule has 11 heavy (non-hydrogen) atoms. The largest absolute Gasteiger partial charge is 0.282 e. The van der Waals surface area contributed by atoms with Crippen molar-refractivity contribution in [3.05, 3.63) is 0 Å². The predicted octanol–water partition coefficient (Wildman–Crippen LogP) is 2.15. The van der Waals surface area contributed by atoms with Crippen LogP contribution in [-0.2, 0) is 0 Å². The molecule has 1 heterocycles. The molecule has 0 atom stereocenters. The molecule has 2 aliphatic rings. The molecule has 2 nitrogen and oxygen atoms in total. The summed E-state index contributed by atoms with van der Waals surface area (Å²) in [6.45, 7) is 0. The van der Waals surface area contributed by atoms with Gasteiger partial charge in [0.25, 0.3) is 0 Å². The third kappa shape index (κ3) is 1.70. The third-order valence-corrected chi connectivity index (χ3v) is 3.03. The van der Waals surface area contributed by atoms with Gasteiger partial charge in [0.1, 0.15) is 0 Å². The number of hydrogen-bond donors (Lipinski definition) is 0. The summed E-state index contributed by atoms with van der Waals surface area (Å²) in [5.74, 6) is 1.03. The van der Waals surface area contributed by atoms with Gasteiger partial charge in [-0.2, -0.15) is 5.10 Å². The Balaban J connectivity index is 1.87. The van der Waals surface area contributed by atoms with Crippen molar-refractivity contribution in [1.82, 2.24) is 5.01 Å². The van der Waals surface area contributed by atoms with E-state index in [9.17, 15) is 0 Å². The van der Waals surface area contributed by atoms with Crippen molar-refractivity contribution >= 4 is 17.3 Å². The molecule has 0 spiro atoms. The monoisotopic (exact) mass is 169 g/mol. The normalized spacial score (nSPS) is 26.4. The number of hydrogen-bond acceptors (Lipinski definition) is 3. The van der Waals surface area contributed by atoms with Gasteiger partial charge >= 0.3 is 0 Å². The maximum Gasteiger partial charge on any atom is 0.152 e. The van der Waals surface area contributed by atoms with Gasteiger partial charge in [-0.15, -0.1) is 0 Å². The van der Waals surface area contributed by atoms with Gasteiger partial charge in [0.05, 0.1) is 5.88 Å². The van der Waals surface area contributed by atoms with Crippen LogP contribution in [0.1, 0.15) is 32.1 Å². The van der Waals surface area contributed by atoms with E-state index in [0.717, 1.165) is 11.9 Å². The summed E-state index contributed by atoms with van der Waals surface area (Å²) in [7, 11) is 0. The molecule has 1 saturated carbocycles. The summed E-state index contributed by atoms with van der Waals surface area (Å²) >= 11 is 1.69. The number of thioether (sulfide) groups is 1. The van der Waals surface area contributed by atoms with Gasteiger partial charge < -0.3 is 0 Å². The summed E-state index contributed by atoms with van der Waals surface area (Å²) < 4.78 is 0. The van der Waals surface area contributed by atoms with Crippen LogP contribution in [0.3, 0.4) is 0 Å². The zero-order valence-electron chi connectivity index (χ0n) is 6.62. The van der Waals surface area contributed by atoms with E-state index in [1.165, 1.54) is 32.1 Å². The van der Waals surface area contributed by atoms with Crippen molar-refractivity contribution in [2.75, 3.05) is 5.88 Å². The van der Waals surface area contributed by atoms with Crippen molar-refractivity contribution in [2.24, 2.45) is 5.10 Å². The lowest BCUT2D eigenvalue weighted by Gasteiger charge is -2.28. The smallest absolute Gasteiger partial charge is 0.152 e. The minimum atomic E-state index is 0.728. The van der Waals surface area contributed by atoms with Crippen LogP contribution in [0.5, 0.6) is 0 Å². The number of rotatable bonds is 1. The topological polar surface area (TPSA) is 15.6 Å². The van der Waals surface area contributed by atoms with Crippen molar-refractivity contribution < 1.29 is 0 Å². The molecule has 3 heteroatoms. The zero-order chi connectivity index (χ0) is 7.52. The fourth-order valence-corrected chi connectivity index (χ4v) is 2.39. The molecule has 0 unspecified atom stereocenters. The van der Waals surface area contributed by atoms with E-state index in [2.05, 4.69) is 15.7 Å². The van der Waals surface area contributed by atoms with E-state index >= 15 is 0 Å². The van der Waals surface area contributed by atoms with Crippen molar-refractivity contribution in [1.29, 1.82) is 0 Å². The third-order valence-electron chi connectivity index (χ3n) is 2.43. The summed E-state index contributed by atoms with van der Waals surface area (Å²) in [6.07, 6.45) is 6.88. The van der Waals surface area contributed by atoms with Crippen LogP contribution in [0.2, 0.25) is 0 Å². The Morgan fingerprint density at radius 3 is 2.73 bits per heavy atom. The van der Waals surface area contributed by atoms with E-state index in [1.807, 2.05) is 0 Å². The maximum absolute atomic E-state index is 4.21. The number of hydrazone groups is 1. The Morgan fingerprint density at radius 2 is 2.09 bits per heavy atom. The Hall–Kier alpha value is -0.180. The second-order valence-corrected chi connectivity index (χ2v) is 3.93. The minimum absolute atomic E-state index is 0.728. The van der Waals surface area contributed by atoms with Crippen LogP contribution in [0.15, 0.2) is 5.10 Å². The van der Waals surface area contributed by atoms with E-state index < -0.39 is 0 Å². The van der Waals surface area contributed by atoms with E-state index in [-0.39, 0.29) is 0 Å². The standard InChI is InChI=1S/C8H13N2S/c1-2-4-8(5-3-1)10-7-11-6-9-10/h8H,1-5,7H2. The lowest BCUT2D eigenvalue weighted by atomic mass is 9.95. The average molecular weight is 169 g/mol. The molecule has 0 bridgehead atoms. The van der Waals surface area contributed by atoms with Crippen LogP contribution in [-0.4, -0.2) is 22.5 Å². The molecule has 2 rings (SSSR count). The summed E-state index contributed by atoms with van der Waals surface area (Å²) in [4.78, 5) is 0. The molecule has 61 valence electrons. The second kappa shape index (κ2) is 3.48. The van der Waals surface area contributed by atoms with Gasteiger partial charge in [0.2, 0.25) is 0 Å². The van der Waals surface area contributed by atoms with Gasteiger partial charge in [-0.25, -0.2) is 0 Å². The van der Waals surface area contributed by atoms with Gasteiger partial charge in [-0.05, 0) is 12.8 Å². The SMILES string of the molecule is [C]1=NN(C2CCCCC2)CS1. The molecule has 0 aromatic rings. The summed E-state index contributed by atoms with van der Waals surface area (Å²) in [6, 6.07) is 0.728. The molecule has 1 radical (unpaired) electrons. The quantitative estimate of drug-likeness (QED) is 0.597. The Bertz CT molecular complexity index is 152. The highest BCUT2D eigenvalue weighted by atomic mass is 32.2. The Labute approximate surface area is 72.0 Å². The van der Waals surface area contributed by atoms with Crippen LogP contribution < -0.4 is 0 Å². The first-order valence-corrected chi connectivity index (χ1v) is 5.29. The second-order valence-electron chi connectivity index (χ2n) is 3.20. The van der Waals surface area contributed by atoms with Crippen LogP contribution >= 0.6 is 11.8 Å². The molecule has 0 amide bonds. The molecular formula is C8H13N2S. The van der Waals surface area contributed by atoms with Crippen molar-refractivity contribution in [2.45, 2.75) is 38.1 Å². The maximum atomic E-state index is 4.21. The van der Waals surface area contributed by atoms with Crippen molar-refractivity contribution in [3.8, 4) is 0 Å². The molecule has 0 aromatic carbocycles. The number of nitrogens with zero attached hydrogens (tertiary/aromatic N) is 2. The van der Waals surface area contributed by atoms with Gasteiger partial charge in [0, 0.05) is 6.04 Å². The first-order chi connectivity index (χ1) is 5.47. The Morgan fingerprint density at radius 1 is 1.27 bits per heavy atom. The molecule has 0 aromatic heterocycles. The van der Waals surface area contributed by atoms with E-state index in [0.29, 0.717) is 0 Å². The fraction of sp³-hybridized carbons (Fsp3) is 0.875. The average Bonchev–Trinajstić information content (AvgIpc) is 2.58. The molecule has 1 fully saturated rings. The van der Waals surface area contributed by atoms with Crippen LogP contribution in [0.25, 0.3) is 0 Å². The first-order valence-electron chi connectivity index (χ1n) is 4.31. The molecule has 1 aliphatic heterocycles. The van der Waals surface area contributed by atoms with Crippen LogP contribution in [0, 0.1) is 0 Å². The zero-order valence-corrected chi connectivity index (χ0v) is 7.44. The fourth-order valence-electron chi connectivity index (χ4n) is 1.77. The highest BCUT2D eigenvalue weighted by molar-refractivity contribution is 8.12. The molecular weight excluding hydrogens is 156 g/mol. The minimum Gasteiger partial charge on any atom is -0.282 e. The molecule has 0 saturated heterocycles. The predicted molar refractivity (Wildman–Crippen MR) is 48.6 cm³/mol. The van der Waals surface area contributed by atoms with E-state index in [4.69, 9.17) is 0 Å². The lowest BCUT2D eigenvalue weighted by molar-refractivity contribution is 0.195. The van der Waals surface area contributed by atoms with Gasteiger partial charge in [0.15, 0.2) is 5.55 Å². The lowest BCUT2D eigenvalue weighted by Crippen LogP contribution is -2.30. The highest BCUT2D eigenvalue weighted by Crippen LogP contribution is 2.25. The van der Waals surface area contributed by atoms with Crippen LogP contribution in [0.4, 0.5) is 0 Å². The van der Waals surface area contributed by atoms with Gasteiger partial charge in [-0.1, -0.05) is 31.0 Å². The highest BCUT2D eigenvalue weighted by Gasteiger charge is 2.21. The van der Waals surface area contributed by atoms with Crippen molar-refractivity contribution in [3.63, 3.8) is 0 Å². The molecule has 1 aliphatic carbocycles. The Kier molecular flexibility index (Phi) is 2.36. The molecule has 0 N–H and O–H groups in total.